The highest BCUT2D eigenvalue weighted by atomic mass is 16.5. The van der Waals surface area contributed by atoms with Gasteiger partial charge in [-0.2, -0.15) is 0 Å². The van der Waals surface area contributed by atoms with E-state index in [0.29, 0.717) is 39.3 Å². The minimum atomic E-state index is 0.137. The molecule has 0 aliphatic carbocycles. The van der Waals surface area contributed by atoms with Crippen molar-refractivity contribution in [3.63, 3.8) is 0 Å². The van der Waals surface area contributed by atoms with Crippen LogP contribution in [0.4, 0.5) is 0 Å². The second-order valence-corrected chi connectivity index (χ2v) is 5.75. The zero-order valence-electron chi connectivity index (χ0n) is 13.3. The highest BCUT2D eigenvalue weighted by Crippen LogP contribution is 2.11. The van der Waals surface area contributed by atoms with Crippen LogP contribution in [0.3, 0.4) is 0 Å². The molecule has 1 aromatic rings. The molecule has 0 spiro atoms. The molecule has 0 radical (unpaired) electrons. The number of amides is 1. The molecule has 1 unspecified atom stereocenters. The van der Waals surface area contributed by atoms with E-state index in [1.165, 1.54) is 5.56 Å². The van der Waals surface area contributed by atoms with Crippen LogP contribution in [0.1, 0.15) is 18.9 Å². The Morgan fingerprint density at radius 3 is 2.64 bits per heavy atom. The first-order valence-electron chi connectivity index (χ1n) is 7.95. The summed E-state index contributed by atoms with van der Waals surface area (Å²) in [6, 6.07) is 10.3. The summed E-state index contributed by atoms with van der Waals surface area (Å²) in [5, 5.41) is 9.20. The SMILES string of the molecule is CC(CCO)N(CC(=O)N1CCOCC1)Cc1ccccc1. The zero-order chi connectivity index (χ0) is 15.8. The van der Waals surface area contributed by atoms with Gasteiger partial charge in [-0.1, -0.05) is 30.3 Å². The number of nitrogens with zero attached hydrogens (tertiary/aromatic N) is 2. The Bertz CT molecular complexity index is 446. The van der Waals surface area contributed by atoms with E-state index >= 15 is 0 Å². The lowest BCUT2D eigenvalue weighted by molar-refractivity contribution is -0.137. The summed E-state index contributed by atoms with van der Waals surface area (Å²) in [5.74, 6) is 0.143. The quantitative estimate of drug-likeness (QED) is 0.820. The predicted molar refractivity (Wildman–Crippen MR) is 85.4 cm³/mol. The molecule has 1 aliphatic heterocycles. The summed E-state index contributed by atoms with van der Waals surface area (Å²) in [4.78, 5) is 16.5. The van der Waals surface area contributed by atoms with Crippen molar-refractivity contribution < 1.29 is 14.6 Å². The average Bonchev–Trinajstić information content (AvgIpc) is 2.56. The van der Waals surface area contributed by atoms with Crippen molar-refractivity contribution in [3.8, 4) is 0 Å². The van der Waals surface area contributed by atoms with Crippen LogP contribution in [-0.2, 0) is 16.1 Å². The monoisotopic (exact) mass is 306 g/mol. The van der Waals surface area contributed by atoms with Crippen molar-refractivity contribution >= 4 is 5.91 Å². The largest absolute Gasteiger partial charge is 0.396 e. The number of morpholine rings is 1. The maximum Gasteiger partial charge on any atom is 0.236 e. The summed E-state index contributed by atoms with van der Waals surface area (Å²) in [5.41, 5.74) is 1.18. The maximum atomic E-state index is 12.5. The number of aliphatic hydroxyl groups excluding tert-OH is 1. The molecule has 1 N–H and O–H groups in total. The van der Waals surface area contributed by atoms with E-state index in [0.717, 1.165) is 6.54 Å². The lowest BCUT2D eigenvalue weighted by Crippen LogP contribution is -2.47. The van der Waals surface area contributed by atoms with Gasteiger partial charge in [-0.15, -0.1) is 0 Å². The fraction of sp³-hybridized carbons (Fsp3) is 0.588. The smallest absolute Gasteiger partial charge is 0.236 e. The molecule has 2 rings (SSSR count). The van der Waals surface area contributed by atoms with Crippen LogP contribution in [0, 0.1) is 0 Å². The molecule has 0 aromatic heterocycles. The van der Waals surface area contributed by atoms with Gasteiger partial charge in [-0.05, 0) is 18.9 Å². The number of carbonyl (C=O) groups is 1. The van der Waals surface area contributed by atoms with Gasteiger partial charge in [0.25, 0.3) is 0 Å². The average molecular weight is 306 g/mol. The fourth-order valence-corrected chi connectivity index (χ4v) is 2.64. The third-order valence-electron chi connectivity index (χ3n) is 4.10. The van der Waals surface area contributed by atoms with Crippen molar-refractivity contribution in [2.45, 2.75) is 25.9 Å². The molecule has 1 aromatic carbocycles. The molecule has 122 valence electrons. The van der Waals surface area contributed by atoms with Crippen LogP contribution in [0.15, 0.2) is 30.3 Å². The van der Waals surface area contributed by atoms with Gasteiger partial charge < -0.3 is 14.7 Å². The van der Waals surface area contributed by atoms with Crippen molar-refractivity contribution in [1.82, 2.24) is 9.80 Å². The number of rotatable bonds is 7. The Morgan fingerprint density at radius 2 is 2.00 bits per heavy atom. The van der Waals surface area contributed by atoms with E-state index in [1.54, 1.807) is 0 Å². The standard InChI is InChI=1S/C17H26N2O3/c1-15(7-10-20)19(13-16-5-3-2-4-6-16)14-17(21)18-8-11-22-12-9-18/h2-6,15,20H,7-14H2,1H3. The zero-order valence-corrected chi connectivity index (χ0v) is 13.3. The maximum absolute atomic E-state index is 12.5. The molecule has 1 fully saturated rings. The second kappa shape index (κ2) is 8.88. The fourth-order valence-electron chi connectivity index (χ4n) is 2.64. The van der Waals surface area contributed by atoms with E-state index < -0.39 is 0 Å². The summed E-state index contributed by atoms with van der Waals surface area (Å²) < 4.78 is 5.30. The van der Waals surface area contributed by atoms with E-state index in [4.69, 9.17) is 4.74 Å². The van der Waals surface area contributed by atoms with Gasteiger partial charge >= 0.3 is 0 Å². The Balaban J connectivity index is 1.98. The highest BCUT2D eigenvalue weighted by Gasteiger charge is 2.22. The van der Waals surface area contributed by atoms with E-state index in [1.807, 2.05) is 23.1 Å². The third kappa shape index (κ3) is 5.09. The van der Waals surface area contributed by atoms with Crippen molar-refractivity contribution in [2.24, 2.45) is 0 Å². The summed E-state index contributed by atoms with van der Waals surface area (Å²) in [6.07, 6.45) is 0.670. The van der Waals surface area contributed by atoms with Crippen LogP contribution < -0.4 is 0 Å². The number of carbonyl (C=O) groups excluding carboxylic acids is 1. The molecule has 22 heavy (non-hydrogen) atoms. The van der Waals surface area contributed by atoms with Gasteiger partial charge in [-0.25, -0.2) is 0 Å². The van der Waals surface area contributed by atoms with E-state index in [9.17, 15) is 9.90 Å². The van der Waals surface area contributed by atoms with Crippen molar-refractivity contribution in [2.75, 3.05) is 39.5 Å². The number of hydrogen-bond donors (Lipinski definition) is 1. The minimum absolute atomic E-state index is 0.137. The minimum Gasteiger partial charge on any atom is -0.396 e. The molecule has 1 saturated heterocycles. The summed E-state index contributed by atoms with van der Waals surface area (Å²) in [7, 11) is 0. The Hall–Kier alpha value is -1.43. The molecule has 0 bridgehead atoms. The lowest BCUT2D eigenvalue weighted by Gasteiger charge is -2.32. The molecule has 5 heteroatoms. The first-order chi connectivity index (χ1) is 10.7. The number of hydrogen-bond acceptors (Lipinski definition) is 4. The van der Waals surface area contributed by atoms with Gasteiger partial charge in [-0.3, -0.25) is 9.69 Å². The molecule has 5 nitrogen and oxygen atoms in total. The summed E-state index contributed by atoms with van der Waals surface area (Å²) >= 11 is 0. The molecular weight excluding hydrogens is 280 g/mol. The van der Waals surface area contributed by atoms with Gasteiger partial charge in [0.1, 0.15) is 0 Å². The predicted octanol–water partition coefficient (Wildman–Crippen LogP) is 1.12. The Morgan fingerprint density at radius 1 is 1.32 bits per heavy atom. The highest BCUT2D eigenvalue weighted by molar-refractivity contribution is 5.78. The van der Waals surface area contributed by atoms with Gasteiger partial charge in [0.2, 0.25) is 5.91 Å². The second-order valence-electron chi connectivity index (χ2n) is 5.75. The summed E-state index contributed by atoms with van der Waals surface area (Å²) in [6.45, 7) is 5.89. The van der Waals surface area contributed by atoms with Crippen LogP contribution in [0.25, 0.3) is 0 Å². The van der Waals surface area contributed by atoms with Gasteiger partial charge in [0.15, 0.2) is 0 Å². The molecule has 0 saturated carbocycles. The van der Waals surface area contributed by atoms with E-state index in [-0.39, 0.29) is 18.6 Å². The third-order valence-corrected chi connectivity index (χ3v) is 4.10. The molecule has 1 atom stereocenters. The molecular formula is C17H26N2O3. The molecule has 1 heterocycles. The number of ether oxygens (including phenoxy) is 1. The first-order valence-corrected chi connectivity index (χ1v) is 7.95. The lowest BCUT2D eigenvalue weighted by atomic mass is 10.1. The molecule has 1 aliphatic rings. The van der Waals surface area contributed by atoms with Crippen LogP contribution in [0.5, 0.6) is 0 Å². The topological polar surface area (TPSA) is 53.0 Å². The Kier molecular flexibility index (Phi) is 6.83. The van der Waals surface area contributed by atoms with Crippen molar-refractivity contribution in [3.05, 3.63) is 35.9 Å². The normalized spacial score (nSPS) is 16.8. The first kappa shape index (κ1) is 16.9. The molecule has 1 amide bonds. The Labute approximate surface area is 132 Å². The van der Waals surface area contributed by atoms with Crippen LogP contribution in [-0.4, -0.2) is 66.3 Å². The van der Waals surface area contributed by atoms with Crippen molar-refractivity contribution in [1.29, 1.82) is 0 Å². The van der Waals surface area contributed by atoms with Gasteiger partial charge in [0.05, 0.1) is 19.8 Å². The van der Waals surface area contributed by atoms with E-state index in [2.05, 4.69) is 24.0 Å². The van der Waals surface area contributed by atoms with Crippen LogP contribution in [0.2, 0.25) is 0 Å². The van der Waals surface area contributed by atoms with Crippen LogP contribution >= 0.6 is 0 Å². The number of benzene rings is 1. The number of aliphatic hydroxyl groups is 1. The van der Waals surface area contributed by atoms with Gasteiger partial charge in [0, 0.05) is 32.3 Å².